The van der Waals surface area contributed by atoms with Crippen LogP contribution in [0.4, 0.5) is 0 Å². The van der Waals surface area contributed by atoms with Crippen molar-refractivity contribution in [3.8, 4) is 0 Å². The van der Waals surface area contributed by atoms with Crippen molar-refractivity contribution < 1.29 is 9.59 Å². The lowest BCUT2D eigenvalue weighted by Gasteiger charge is -2.36. The van der Waals surface area contributed by atoms with E-state index in [1.54, 1.807) is 14.1 Å². The molecule has 196 valence electrons. The third-order valence-corrected chi connectivity index (χ3v) is 7.23. The molecule has 1 aliphatic carbocycles. The highest BCUT2D eigenvalue weighted by Crippen LogP contribution is 2.30. The van der Waals surface area contributed by atoms with Gasteiger partial charge in [0.15, 0.2) is 0 Å². The Morgan fingerprint density at radius 1 is 1.06 bits per heavy atom. The second-order valence-corrected chi connectivity index (χ2v) is 12.0. The van der Waals surface area contributed by atoms with Crippen LogP contribution >= 0.6 is 12.2 Å². The number of nitrogens with one attached hydrogen (secondary N) is 3. The summed E-state index contributed by atoms with van der Waals surface area (Å²) in [5.74, 6) is -0.537. The van der Waals surface area contributed by atoms with Crippen molar-refractivity contribution in [1.82, 2.24) is 20.9 Å². The Morgan fingerprint density at radius 3 is 2.20 bits per heavy atom. The summed E-state index contributed by atoms with van der Waals surface area (Å²) in [6.45, 7) is 10.9. The van der Waals surface area contributed by atoms with E-state index >= 15 is 0 Å². The smallest absolute Gasteiger partial charge is 0.244 e. The molecule has 1 fully saturated rings. The summed E-state index contributed by atoms with van der Waals surface area (Å²) in [7, 11) is 3.44. The SMILES string of the molecule is CC(C)[C@@H](NC(=O)[C@@H](CC(=S)N[C@H]1CCCC[C@@H]1NCc1ccccc1)C(C)(C)C)C(=O)N(C)C. The maximum atomic E-state index is 13.4. The number of thiocarbonyl (C=S) groups is 1. The molecule has 0 heterocycles. The van der Waals surface area contributed by atoms with Gasteiger partial charge in [-0.25, -0.2) is 0 Å². The molecule has 0 bridgehead atoms. The van der Waals surface area contributed by atoms with Crippen LogP contribution in [0.3, 0.4) is 0 Å². The second kappa shape index (κ2) is 13.4. The number of rotatable bonds is 10. The zero-order valence-corrected chi connectivity index (χ0v) is 23.5. The van der Waals surface area contributed by atoms with E-state index in [9.17, 15) is 9.59 Å². The number of benzene rings is 1. The van der Waals surface area contributed by atoms with Crippen molar-refractivity contribution in [2.75, 3.05) is 14.1 Å². The Morgan fingerprint density at radius 2 is 1.66 bits per heavy atom. The van der Waals surface area contributed by atoms with Crippen LogP contribution in [-0.4, -0.2) is 53.9 Å². The number of likely N-dealkylation sites (N-methyl/N-ethyl adjacent to an activating group) is 1. The molecular formula is C28H46N4O2S. The first-order valence-corrected chi connectivity index (χ1v) is 13.4. The van der Waals surface area contributed by atoms with Crippen LogP contribution in [0.25, 0.3) is 0 Å². The van der Waals surface area contributed by atoms with E-state index in [2.05, 4.69) is 61.0 Å². The van der Waals surface area contributed by atoms with Gasteiger partial charge in [0, 0.05) is 45.1 Å². The van der Waals surface area contributed by atoms with Crippen molar-refractivity contribution in [1.29, 1.82) is 0 Å². The van der Waals surface area contributed by atoms with Gasteiger partial charge in [-0.15, -0.1) is 0 Å². The van der Waals surface area contributed by atoms with Crippen molar-refractivity contribution in [3.05, 3.63) is 35.9 Å². The van der Waals surface area contributed by atoms with E-state index in [1.807, 2.05) is 19.9 Å². The number of nitrogens with zero attached hydrogens (tertiary/aromatic N) is 1. The highest BCUT2D eigenvalue weighted by Gasteiger charge is 2.36. The lowest BCUT2D eigenvalue weighted by Crippen LogP contribution is -2.54. The number of hydrogen-bond acceptors (Lipinski definition) is 4. The molecule has 2 rings (SSSR count). The van der Waals surface area contributed by atoms with Crippen molar-refractivity contribution >= 4 is 29.0 Å². The molecule has 0 saturated heterocycles. The first-order chi connectivity index (χ1) is 16.4. The Balaban J connectivity index is 2.03. The Kier molecular flexibility index (Phi) is 11.2. The summed E-state index contributed by atoms with van der Waals surface area (Å²) in [4.78, 5) is 28.3. The quantitative estimate of drug-likeness (QED) is 0.417. The Hall–Kier alpha value is -1.99. The molecule has 0 spiro atoms. The summed E-state index contributed by atoms with van der Waals surface area (Å²) in [5, 5.41) is 10.3. The van der Waals surface area contributed by atoms with E-state index in [1.165, 1.54) is 23.3 Å². The topological polar surface area (TPSA) is 73.5 Å². The molecular weight excluding hydrogens is 456 g/mol. The molecule has 7 heteroatoms. The summed E-state index contributed by atoms with van der Waals surface area (Å²) in [6, 6.07) is 10.5. The van der Waals surface area contributed by atoms with Crippen LogP contribution in [0.1, 0.15) is 72.3 Å². The van der Waals surface area contributed by atoms with Crippen LogP contribution in [-0.2, 0) is 16.1 Å². The summed E-state index contributed by atoms with van der Waals surface area (Å²) in [5.41, 5.74) is 0.978. The predicted octanol–water partition coefficient (Wildman–Crippen LogP) is 4.29. The van der Waals surface area contributed by atoms with Gasteiger partial charge in [0.25, 0.3) is 0 Å². The van der Waals surface area contributed by atoms with Gasteiger partial charge in [-0.1, -0.05) is 90.0 Å². The van der Waals surface area contributed by atoms with E-state index in [0.717, 1.165) is 24.4 Å². The van der Waals surface area contributed by atoms with Crippen LogP contribution in [0.2, 0.25) is 0 Å². The van der Waals surface area contributed by atoms with Gasteiger partial charge < -0.3 is 20.9 Å². The van der Waals surface area contributed by atoms with Crippen LogP contribution in [0, 0.1) is 17.3 Å². The maximum Gasteiger partial charge on any atom is 0.244 e. The average Bonchev–Trinajstić information content (AvgIpc) is 2.79. The van der Waals surface area contributed by atoms with Crippen molar-refractivity contribution in [3.63, 3.8) is 0 Å². The molecule has 1 aliphatic rings. The zero-order chi connectivity index (χ0) is 26.2. The molecule has 0 aromatic heterocycles. The van der Waals surface area contributed by atoms with Crippen LogP contribution < -0.4 is 16.0 Å². The molecule has 0 aliphatic heterocycles. The van der Waals surface area contributed by atoms with Gasteiger partial charge in [0.2, 0.25) is 11.8 Å². The molecule has 35 heavy (non-hydrogen) atoms. The lowest BCUT2D eigenvalue weighted by molar-refractivity contribution is -0.138. The van der Waals surface area contributed by atoms with Gasteiger partial charge in [0.1, 0.15) is 6.04 Å². The predicted molar refractivity (Wildman–Crippen MR) is 148 cm³/mol. The van der Waals surface area contributed by atoms with Gasteiger partial charge in [0.05, 0.1) is 4.99 Å². The number of hydrogen-bond donors (Lipinski definition) is 3. The third kappa shape index (κ3) is 9.19. The fourth-order valence-corrected chi connectivity index (χ4v) is 5.00. The fraction of sp³-hybridized carbons (Fsp3) is 0.679. The second-order valence-electron chi connectivity index (χ2n) is 11.5. The summed E-state index contributed by atoms with van der Waals surface area (Å²) >= 11 is 5.79. The molecule has 3 N–H and O–H groups in total. The van der Waals surface area contributed by atoms with Crippen molar-refractivity contribution in [2.24, 2.45) is 17.3 Å². The van der Waals surface area contributed by atoms with Gasteiger partial charge in [-0.3, -0.25) is 9.59 Å². The van der Waals surface area contributed by atoms with E-state index in [-0.39, 0.29) is 35.1 Å². The highest BCUT2D eigenvalue weighted by atomic mass is 32.1. The first-order valence-electron chi connectivity index (χ1n) is 13.0. The highest BCUT2D eigenvalue weighted by molar-refractivity contribution is 7.80. The van der Waals surface area contributed by atoms with Crippen LogP contribution in [0.5, 0.6) is 0 Å². The van der Waals surface area contributed by atoms with E-state index in [4.69, 9.17) is 12.2 Å². The molecule has 0 radical (unpaired) electrons. The third-order valence-electron chi connectivity index (χ3n) is 6.95. The molecule has 1 aromatic rings. The maximum absolute atomic E-state index is 13.4. The number of carbonyl (C=O) groups is 2. The van der Waals surface area contributed by atoms with E-state index < -0.39 is 6.04 Å². The lowest BCUT2D eigenvalue weighted by atomic mass is 9.77. The van der Waals surface area contributed by atoms with Gasteiger partial charge in [-0.2, -0.15) is 0 Å². The minimum absolute atomic E-state index is 0.00164. The Labute approximate surface area is 218 Å². The minimum Gasteiger partial charge on any atom is -0.375 e. The van der Waals surface area contributed by atoms with E-state index in [0.29, 0.717) is 12.5 Å². The largest absolute Gasteiger partial charge is 0.375 e. The molecule has 1 saturated carbocycles. The van der Waals surface area contributed by atoms with Crippen molar-refractivity contribution in [2.45, 2.75) is 91.4 Å². The molecule has 4 atom stereocenters. The monoisotopic (exact) mass is 502 g/mol. The van der Waals surface area contributed by atoms with Crippen LogP contribution in [0.15, 0.2) is 30.3 Å². The normalized spacial score (nSPS) is 20.1. The Bertz CT molecular complexity index is 835. The summed E-state index contributed by atoms with van der Waals surface area (Å²) < 4.78 is 0. The molecule has 6 nitrogen and oxygen atoms in total. The first kappa shape index (κ1) is 29.2. The minimum atomic E-state index is -0.547. The molecule has 0 unspecified atom stereocenters. The summed E-state index contributed by atoms with van der Waals surface area (Å²) in [6.07, 6.45) is 5.02. The molecule has 1 aromatic carbocycles. The fourth-order valence-electron chi connectivity index (χ4n) is 4.68. The number of amides is 2. The van der Waals surface area contributed by atoms with Gasteiger partial charge in [-0.05, 0) is 29.7 Å². The average molecular weight is 503 g/mol. The number of carbonyl (C=O) groups excluding carboxylic acids is 2. The molecule has 2 amide bonds. The van der Waals surface area contributed by atoms with Gasteiger partial charge >= 0.3 is 0 Å². The zero-order valence-electron chi connectivity index (χ0n) is 22.7. The standard InChI is InChI=1S/C28H46N4O2S/c1-19(2)25(27(34)32(6)7)31-26(33)21(28(3,4)5)17-24(35)30-23-16-12-11-15-22(23)29-18-20-13-9-8-10-14-20/h8-10,13-14,19,21-23,25,29H,11-12,15-18H2,1-7H3,(H,30,35)(H,31,33)/t21-,22+,23+,25-/m1/s1.